The predicted octanol–water partition coefficient (Wildman–Crippen LogP) is 2.28. The zero-order valence-corrected chi connectivity index (χ0v) is 16.5. The van der Waals surface area contributed by atoms with Crippen molar-refractivity contribution in [3.8, 4) is 17.0 Å². The van der Waals surface area contributed by atoms with Crippen molar-refractivity contribution in [1.82, 2.24) is 35.4 Å². The van der Waals surface area contributed by atoms with Crippen molar-refractivity contribution in [2.24, 2.45) is 0 Å². The number of carbonyl (C=O) groups is 2. The van der Waals surface area contributed by atoms with E-state index in [1.54, 1.807) is 37.4 Å². The van der Waals surface area contributed by atoms with Crippen molar-refractivity contribution < 1.29 is 14.0 Å². The Bertz CT molecular complexity index is 1250. The number of benzene rings is 2. The molecule has 3 heterocycles. The lowest BCUT2D eigenvalue weighted by Gasteiger charge is -2.22. The number of oxazole rings is 1. The van der Waals surface area contributed by atoms with Gasteiger partial charge in [0.25, 0.3) is 5.91 Å². The van der Waals surface area contributed by atoms with Crippen molar-refractivity contribution in [1.29, 1.82) is 0 Å². The lowest BCUT2D eigenvalue weighted by atomic mass is 9.91. The van der Waals surface area contributed by atoms with E-state index in [0.29, 0.717) is 17.0 Å². The van der Waals surface area contributed by atoms with Gasteiger partial charge in [-0.05, 0) is 35.0 Å². The lowest BCUT2D eigenvalue weighted by Crippen LogP contribution is -2.40. The molecule has 1 saturated heterocycles. The van der Waals surface area contributed by atoms with E-state index >= 15 is 0 Å². The third-order valence-corrected chi connectivity index (χ3v) is 5.22. The van der Waals surface area contributed by atoms with Crippen LogP contribution in [0.1, 0.15) is 18.4 Å². The van der Waals surface area contributed by atoms with Crippen LogP contribution in [0, 0.1) is 0 Å². The van der Waals surface area contributed by atoms with Gasteiger partial charge in [0.05, 0.1) is 11.9 Å². The average Bonchev–Trinajstić information content (AvgIpc) is 3.53. The van der Waals surface area contributed by atoms with Crippen molar-refractivity contribution in [3.63, 3.8) is 0 Å². The van der Waals surface area contributed by atoms with E-state index in [9.17, 15) is 9.59 Å². The largest absolute Gasteiger partial charge is 0.439 e. The van der Waals surface area contributed by atoms with E-state index in [1.807, 2.05) is 30.3 Å². The number of hydrogen-bond acceptors (Lipinski definition) is 7. The molecule has 3 amide bonds. The Labute approximate surface area is 176 Å². The number of nitrogens with zero attached hydrogens (tertiary/aromatic N) is 6. The molecular weight excluding hydrogens is 398 g/mol. The average molecular weight is 415 g/mol. The first-order chi connectivity index (χ1) is 15.0. The summed E-state index contributed by atoms with van der Waals surface area (Å²) < 4.78 is 7.24. The van der Waals surface area contributed by atoms with Crippen LogP contribution in [0.15, 0.2) is 71.5 Å². The zero-order chi connectivity index (χ0) is 21.4. The normalized spacial score (nSPS) is 18.4. The summed E-state index contributed by atoms with van der Waals surface area (Å²) >= 11 is 0. The molecule has 154 valence electrons. The maximum absolute atomic E-state index is 13.2. The van der Waals surface area contributed by atoms with Crippen LogP contribution < -0.4 is 5.32 Å². The summed E-state index contributed by atoms with van der Waals surface area (Å²) in [5, 5.41) is 13.9. The molecule has 1 fully saturated rings. The Morgan fingerprint density at radius 1 is 1.10 bits per heavy atom. The minimum Gasteiger partial charge on any atom is -0.439 e. The highest BCUT2D eigenvalue weighted by Crippen LogP contribution is 2.31. The number of aromatic nitrogens is 5. The maximum Gasteiger partial charge on any atom is 0.325 e. The van der Waals surface area contributed by atoms with Crippen molar-refractivity contribution in [2.75, 3.05) is 0 Å². The van der Waals surface area contributed by atoms with Crippen LogP contribution in [0.3, 0.4) is 0 Å². The summed E-state index contributed by atoms with van der Waals surface area (Å²) in [6.45, 7) is 1.59. The molecule has 1 unspecified atom stereocenters. The summed E-state index contributed by atoms with van der Waals surface area (Å²) in [5.74, 6) is 0.444. The third kappa shape index (κ3) is 3.23. The first-order valence-corrected chi connectivity index (χ1v) is 9.53. The van der Waals surface area contributed by atoms with E-state index in [1.165, 1.54) is 11.0 Å². The number of carbonyl (C=O) groups excluding carboxylic acids is 2. The second kappa shape index (κ2) is 7.17. The molecule has 0 aliphatic carbocycles. The Morgan fingerprint density at radius 3 is 2.71 bits per heavy atom. The van der Waals surface area contributed by atoms with Crippen LogP contribution in [0.5, 0.6) is 0 Å². The van der Waals surface area contributed by atoms with Gasteiger partial charge in [-0.15, -0.1) is 5.10 Å². The number of imide groups is 1. The summed E-state index contributed by atoms with van der Waals surface area (Å²) in [5.41, 5.74) is 0.904. The highest BCUT2D eigenvalue weighted by atomic mass is 16.4. The Morgan fingerprint density at radius 2 is 1.94 bits per heavy atom. The molecule has 1 N–H and O–H groups in total. The van der Waals surface area contributed by atoms with E-state index in [0.717, 1.165) is 10.5 Å². The minimum atomic E-state index is -1.24. The van der Waals surface area contributed by atoms with Gasteiger partial charge in [0.15, 0.2) is 5.76 Å². The molecule has 10 heteroatoms. The fourth-order valence-corrected chi connectivity index (χ4v) is 3.53. The van der Waals surface area contributed by atoms with Gasteiger partial charge in [-0.3, -0.25) is 9.69 Å². The van der Waals surface area contributed by atoms with Gasteiger partial charge in [0.2, 0.25) is 5.89 Å². The molecule has 0 radical (unpaired) electrons. The molecular formula is C21H17N7O3. The quantitative estimate of drug-likeness (QED) is 0.497. The first-order valence-electron chi connectivity index (χ1n) is 9.53. The second-order valence-electron chi connectivity index (χ2n) is 7.24. The van der Waals surface area contributed by atoms with Gasteiger partial charge in [-0.2, -0.15) is 0 Å². The highest BCUT2D eigenvalue weighted by Gasteiger charge is 2.49. The molecule has 0 spiro atoms. The van der Waals surface area contributed by atoms with E-state index < -0.39 is 17.5 Å². The number of tetrazole rings is 1. The van der Waals surface area contributed by atoms with Crippen LogP contribution >= 0.6 is 0 Å². The van der Waals surface area contributed by atoms with Crippen LogP contribution in [-0.4, -0.2) is 42.0 Å². The van der Waals surface area contributed by atoms with Gasteiger partial charge >= 0.3 is 6.03 Å². The molecule has 4 aromatic rings. The molecule has 0 saturated carbocycles. The molecule has 0 bridgehead atoms. The third-order valence-electron chi connectivity index (χ3n) is 5.22. The van der Waals surface area contributed by atoms with Crippen molar-refractivity contribution >= 4 is 11.9 Å². The topological polar surface area (TPSA) is 119 Å². The molecule has 1 aliphatic rings. The first kappa shape index (κ1) is 18.7. The minimum absolute atomic E-state index is 0.0697. The fourth-order valence-electron chi connectivity index (χ4n) is 3.53. The van der Waals surface area contributed by atoms with Gasteiger partial charge in [0.1, 0.15) is 18.4 Å². The van der Waals surface area contributed by atoms with Crippen LogP contribution in [0.25, 0.3) is 17.0 Å². The van der Waals surface area contributed by atoms with Crippen molar-refractivity contribution in [2.45, 2.75) is 19.0 Å². The number of hydrogen-bond donors (Lipinski definition) is 1. The summed E-state index contributed by atoms with van der Waals surface area (Å²) in [7, 11) is 0. The standard InChI is InChI=1S/C21H17N7O3/c1-21(15-8-5-9-16(10-15)28-13-23-25-26-28)19(29)27(20(30)24-21)12-18-22-11-17(31-18)14-6-3-2-4-7-14/h2-11,13H,12H2,1H3,(H,24,30). The maximum atomic E-state index is 13.2. The molecule has 2 aromatic carbocycles. The Hall–Kier alpha value is -4.34. The fraction of sp³-hybridized carbons (Fsp3) is 0.143. The smallest absolute Gasteiger partial charge is 0.325 e. The molecule has 31 heavy (non-hydrogen) atoms. The SMILES string of the molecule is CC1(c2cccc(-n3cnnn3)c2)NC(=O)N(Cc2ncc(-c3ccccc3)o2)C1=O. The molecule has 2 aromatic heterocycles. The van der Waals surface area contributed by atoms with Crippen LogP contribution in [0.2, 0.25) is 0 Å². The molecule has 10 nitrogen and oxygen atoms in total. The van der Waals surface area contributed by atoms with E-state index in [-0.39, 0.29) is 12.4 Å². The molecule has 5 rings (SSSR count). The zero-order valence-electron chi connectivity index (χ0n) is 16.5. The van der Waals surface area contributed by atoms with E-state index in [4.69, 9.17) is 4.42 Å². The number of rotatable bonds is 5. The number of nitrogens with one attached hydrogen (secondary N) is 1. The van der Waals surface area contributed by atoms with Crippen LogP contribution in [-0.2, 0) is 16.9 Å². The Balaban J connectivity index is 1.40. The predicted molar refractivity (Wildman–Crippen MR) is 108 cm³/mol. The highest BCUT2D eigenvalue weighted by molar-refractivity contribution is 6.07. The van der Waals surface area contributed by atoms with Crippen LogP contribution in [0.4, 0.5) is 4.79 Å². The van der Waals surface area contributed by atoms with Gasteiger partial charge in [-0.1, -0.05) is 42.5 Å². The summed E-state index contributed by atoms with van der Waals surface area (Å²) in [6, 6.07) is 16.1. The number of urea groups is 1. The summed E-state index contributed by atoms with van der Waals surface area (Å²) in [6.07, 6.45) is 3.04. The van der Waals surface area contributed by atoms with Gasteiger partial charge in [0, 0.05) is 5.56 Å². The second-order valence-corrected chi connectivity index (χ2v) is 7.24. The van der Waals surface area contributed by atoms with E-state index in [2.05, 4.69) is 25.8 Å². The van der Waals surface area contributed by atoms with Crippen molar-refractivity contribution in [3.05, 3.63) is 78.6 Å². The monoisotopic (exact) mass is 415 g/mol. The summed E-state index contributed by atoms with van der Waals surface area (Å²) in [4.78, 5) is 31.2. The molecule has 1 atom stereocenters. The lowest BCUT2D eigenvalue weighted by molar-refractivity contribution is -0.131. The molecule has 1 aliphatic heterocycles. The van der Waals surface area contributed by atoms with Gasteiger partial charge in [-0.25, -0.2) is 14.5 Å². The van der Waals surface area contributed by atoms with Gasteiger partial charge < -0.3 is 9.73 Å². The Kier molecular flexibility index (Phi) is 4.32. The number of amides is 3.